The van der Waals surface area contributed by atoms with E-state index >= 15 is 0 Å². The van der Waals surface area contributed by atoms with Gasteiger partial charge in [0, 0.05) is 46.5 Å². The number of hydrogen-bond acceptors (Lipinski definition) is 3. The molecule has 2 rings (SSSR count). The lowest BCUT2D eigenvalue weighted by atomic mass is 10.1. The largest absolute Gasteiger partial charge is 0.381 e. The standard InChI is InChI=1S/C20H33N3O2.HI/c1-4-21-20(23(3)16-18-8-6-17(2)7-9-18)22-12-5-13-25-19-10-14-24-15-11-19;/h6-9,19H,4-5,10-16H2,1-3H3,(H,21,22);1H. The highest BCUT2D eigenvalue weighted by Gasteiger charge is 2.13. The first-order valence-electron chi connectivity index (χ1n) is 9.43. The van der Waals surface area contributed by atoms with E-state index in [1.165, 1.54) is 11.1 Å². The van der Waals surface area contributed by atoms with Crippen molar-refractivity contribution < 1.29 is 9.47 Å². The van der Waals surface area contributed by atoms with Gasteiger partial charge in [0.2, 0.25) is 0 Å². The zero-order valence-electron chi connectivity index (χ0n) is 16.4. The average Bonchev–Trinajstić information content (AvgIpc) is 2.63. The molecule has 1 aromatic carbocycles. The molecule has 0 atom stereocenters. The smallest absolute Gasteiger partial charge is 0.193 e. The number of ether oxygens (including phenoxy) is 2. The maximum absolute atomic E-state index is 5.91. The molecule has 1 aliphatic rings. The van der Waals surface area contributed by atoms with Gasteiger partial charge in [-0.15, -0.1) is 24.0 Å². The summed E-state index contributed by atoms with van der Waals surface area (Å²) in [5.74, 6) is 0.953. The summed E-state index contributed by atoms with van der Waals surface area (Å²) >= 11 is 0. The molecule has 1 aromatic rings. The molecule has 1 heterocycles. The van der Waals surface area contributed by atoms with Gasteiger partial charge in [0.25, 0.3) is 0 Å². The summed E-state index contributed by atoms with van der Waals surface area (Å²) in [6.07, 6.45) is 3.36. The van der Waals surface area contributed by atoms with Crippen LogP contribution >= 0.6 is 24.0 Å². The second kappa shape index (κ2) is 13.3. The first-order valence-corrected chi connectivity index (χ1v) is 9.43. The van der Waals surface area contributed by atoms with E-state index in [4.69, 9.17) is 14.5 Å². The van der Waals surface area contributed by atoms with Gasteiger partial charge in [-0.1, -0.05) is 29.8 Å². The van der Waals surface area contributed by atoms with Gasteiger partial charge in [-0.3, -0.25) is 4.99 Å². The van der Waals surface area contributed by atoms with E-state index in [9.17, 15) is 0 Å². The highest BCUT2D eigenvalue weighted by molar-refractivity contribution is 14.0. The maximum atomic E-state index is 5.91. The summed E-state index contributed by atoms with van der Waals surface area (Å²) < 4.78 is 11.3. The molecular formula is C20H34IN3O2. The first-order chi connectivity index (χ1) is 12.2. The Labute approximate surface area is 175 Å². The van der Waals surface area contributed by atoms with Gasteiger partial charge in [0.1, 0.15) is 0 Å². The summed E-state index contributed by atoms with van der Waals surface area (Å²) in [5.41, 5.74) is 2.58. The van der Waals surface area contributed by atoms with Gasteiger partial charge < -0.3 is 19.7 Å². The number of halogens is 1. The molecule has 1 N–H and O–H groups in total. The van der Waals surface area contributed by atoms with E-state index in [0.29, 0.717) is 6.10 Å². The van der Waals surface area contributed by atoms with Crippen molar-refractivity contribution in [1.29, 1.82) is 0 Å². The number of guanidine groups is 1. The molecule has 0 aromatic heterocycles. The Morgan fingerprint density at radius 1 is 1.27 bits per heavy atom. The van der Waals surface area contributed by atoms with Crippen LogP contribution in [0.15, 0.2) is 29.3 Å². The number of nitrogens with one attached hydrogen (secondary N) is 1. The minimum atomic E-state index is 0. The molecule has 0 aliphatic carbocycles. The summed E-state index contributed by atoms with van der Waals surface area (Å²) in [7, 11) is 2.08. The molecule has 1 aliphatic heterocycles. The van der Waals surface area contributed by atoms with Crippen LogP contribution in [0.4, 0.5) is 0 Å². The zero-order valence-corrected chi connectivity index (χ0v) is 18.7. The van der Waals surface area contributed by atoms with Gasteiger partial charge in [0.05, 0.1) is 6.10 Å². The lowest BCUT2D eigenvalue weighted by Crippen LogP contribution is -2.38. The SMILES string of the molecule is CCNC(=NCCCOC1CCOCC1)N(C)Cc1ccc(C)cc1.I. The number of aliphatic imine (C=N–C) groups is 1. The van der Waals surface area contributed by atoms with E-state index < -0.39 is 0 Å². The topological polar surface area (TPSA) is 46.1 Å². The summed E-state index contributed by atoms with van der Waals surface area (Å²) in [6.45, 7) is 9.15. The molecule has 0 bridgehead atoms. The third-order valence-corrected chi connectivity index (χ3v) is 4.32. The van der Waals surface area contributed by atoms with Crippen LogP contribution in [-0.4, -0.2) is 56.9 Å². The molecule has 6 heteroatoms. The van der Waals surface area contributed by atoms with Gasteiger partial charge >= 0.3 is 0 Å². The fraction of sp³-hybridized carbons (Fsp3) is 0.650. The van der Waals surface area contributed by atoms with E-state index in [-0.39, 0.29) is 24.0 Å². The predicted octanol–water partition coefficient (Wildman–Crippen LogP) is 3.60. The first kappa shape index (κ1) is 23.2. The molecule has 0 saturated carbocycles. The molecule has 1 fully saturated rings. The Balaban J connectivity index is 0.00000338. The number of nitrogens with zero attached hydrogens (tertiary/aromatic N) is 2. The number of aryl methyl sites for hydroxylation is 1. The van der Waals surface area contributed by atoms with Crippen molar-refractivity contribution in [3.63, 3.8) is 0 Å². The Morgan fingerprint density at radius 3 is 2.62 bits per heavy atom. The fourth-order valence-electron chi connectivity index (χ4n) is 2.85. The summed E-state index contributed by atoms with van der Waals surface area (Å²) in [6, 6.07) is 8.66. The average molecular weight is 475 g/mol. The third-order valence-electron chi connectivity index (χ3n) is 4.32. The Kier molecular flexibility index (Phi) is 11.9. The molecule has 26 heavy (non-hydrogen) atoms. The molecule has 0 amide bonds. The van der Waals surface area contributed by atoms with Crippen molar-refractivity contribution in [2.45, 2.75) is 45.8 Å². The number of hydrogen-bond donors (Lipinski definition) is 1. The van der Waals surface area contributed by atoms with Gasteiger partial charge in [-0.25, -0.2) is 0 Å². The minimum Gasteiger partial charge on any atom is -0.381 e. The van der Waals surface area contributed by atoms with Crippen LogP contribution in [0.3, 0.4) is 0 Å². The van der Waals surface area contributed by atoms with E-state index in [1.54, 1.807) is 0 Å². The van der Waals surface area contributed by atoms with Crippen LogP contribution in [0.5, 0.6) is 0 Å². The minimum absolute atomic E-state index is 0. The van der Waals surface area contributed by atoms with Crippen molar-refractivity contribution in [2.24, 2.45) is 4.99 Å². The van der Waals surface area contributed by atoms with Crippen molar-refractivity contribution >= 4 is 29.9 Å². The highest BCUT2D eigenvalue weighted by atomic mass is 127. The molecule has 5 nitrogen and oxygen atoms in total. The van der Waals surface area contributed by atoms with Crippen LogP contribution < -0.4 is 5.32 Å². The second-order valence-electron chi connectivity index (χ2n) is 6.61. The molecule has 1 saturated heterocycles. The van der Waals surface area contributed by atoms with Crippen LogP contribution in [-0.2, 0) is 16.0 Å². The third kappa shape index (κ3) is 8.68. The fourth-order valence-corrected chi connectivity index (χ4v) is 2.85. The second-order valence-corrected chi connectivity index (χ2v) is 6.61. The van der Waals surface area contributed by atoms with Crippen molar-refractivity contribution in [3.05, 3.63) is 35.4 Å². The van der Waals surface area contributed by atoms with Crippen molar-refractivity contribution in [3.8, 4) is 0 Å². The van der Waals surface area contributed by atoms with Crippen molar-refractivity contribution in [2.75, 3.05) is 40.0 Å². The monoisotopic (exact) mass is 475 g/mol. The lowest BCUT2D eigenvalue weighted by Gasteiger charge is -2.23. The highest BCUT2D eigenvalue weighted by Crippen LogP contribution is 2.10. The van der Waals surface area contributed by atoms with E-state index in [0.717, 1.165) is 64.7 Å². The molecule has 0 spiro atoms. The van der Waals surface area contributed by atoms with Gasteiger partial charge in [-0.2, -0.15) is 0 Å². The summed E-state index contributed by atoms with van der Waals surface area (Å²) in [4.78, 5) is 6.91. The Hall–Kier alpha value is -0.860. The van der Waals surface area contributed by atoms with E-state index in [2.05, 4.69) is 55.4 Å². The van der Waals surface area contributed by atoms with Crippen molar-refractivity contribution in [1.82, 2.24) is 10.2 Å². The van der Waals surface area contributed by atoms with Crippen LogP contribution in [0, 0.1) is 6.92 Å². The Bertz CT molecular complexity index is 516. The van der Waals surface area contributed by atoms with Crippen LogP contribution in [0.25, 0.3) is 0 Å². The molecule has 0 unspecified atom stereocenters. The number of benzene rings is 1. The van der Waals surface area contributed by atoms with Gasteiger partial charge in [0.15, 0.2) is 5.96 Å². The predicted molar refractivity (Wildman–Crippen MR) is 118 cm³/mol. The molecule has 0 radical (unpaired) electrons. The number of rotatable bonds is 8. The zero-order chi connectivity index (χ0) is 17.9. The van der Waals surface area contributed by atoms with E-state index in [1.807, 2.05) is 0 Å². The van der Waals surface area contributed by atoms with Gasteiger partial charge in [-0.05, 0) is 38.7 Å². The quantitative estimate of drug-likeness (QED) is 0.270. The molecule has 148 valence electrons. The normalized spacial score (nSPS) is 15.4. The summed E-state index contributed by atoms with van der Waals surface area (Å²) in [5, 5.41) is 3.37. The van der Waals surface area contributed by atoms with Crippen LogP contribution in [0.2, 0.25) is 0 Å². The maximum Gasteiger partial charge on any atom is 0.193 e. The Morgan fingerprint density at radius 2 is 1.96 bits per heavy atom. The lowest BCUT2D eigenvalue weighted by molar-refractivity contribution is -0.0318. The molecular weight excluding hydrogens is 441 g/mol. The van der Waals surface area contributed by atoms with Crippen LogP contribution in [0.1, 0.15) is 37.3 Å².